The van der Waals surface area contributed by atoms with Gasteiger partial charge in [0.05, 0.1) is 5.69 Å². The Bertz CT molecular complexity index is 558. The number of fused-ring (bicyclic) bond motifs is 1. The third kappa shape index (κ3) is 2.70. The maximum atomic E-state index is 5.87. The molecule has 0 aliphatic carbocycles. The van der Waals surface area contributed by atoms with Crippen LogP contribution in [-0.2, 0) is 0 Å². The van der Waals surface area contributed by atoms with E-state index in [1.54, 1.807) is 0 Å². The summed E-state index contributed by atoms with van der Waals surface area (Å²) in [5.41, 5.74) is 7.91. The summed E-state index contributed by atoms with van der Waals surface area (Å²) in [6, 6.07) is 10.1. The number of hydrogen-bond acceptors (Lipinski definition) is 2. The van der Waals surface area contributed by atoms with Gasteiger partial charge in [0.15, 0.2) is 0 Å². The van der Waals surface area contributed by atoms with E-state index in [-0.39, 0.29) is 0 Å². The summed E-state index contributed by atoms with van der Waals surface area (Å²) >= 11 is 0. The topological polar surface area (TPSA) is 38.9 Å². The van der Waals surface area contributed by atoms with Gasteiger partial charge in [-0.1, -0.05) is 50.6 Å². The molecule has 0 radical (unpaired) electrons. The van der Waals surface area contributed by atoms with Crippen LogP contribution < -0.4 is 5.73 Å². The van der Waals surface area contributed by atoms with Gasteiger partial charge >= 0.3 is 0 Å². The lowest BCUT2D eigenvalue weighted by molar-refractivity contribution is 0.735. The number of nitrogens with zero attached hydrogens (tertiary/aromatic N) is 1. The van der Waals surface area contributed by atoms with Crippen molar-refractivity contribution in [1.82, 2.24) is 4.98 Å². The normalized spacial score (nSPS) is 10.7. The summed E-state index contributed by atoms with van der Waals surface area (Å²) in [7, 11) is 0. The summed E-state index contributed by atoms with van der Waals surface area (Å²) in [6.45, 7) is 6.38. The summed E-state index contributed by atoms with van der Waals surface area (Å²) in [6.07, 6.45) is 4.62. The van der Waals surface area contributed by atoms with Crippen molar-refractivity contribution in [2.75, 3.05) is 5.73 Å². The Hall–Kier alpha value is -1.83. The molecular formula is C16H20N2. The molecule has 0 saturated heterocycles. The minimum atomic E-state index is 0.570. The van der Waals surface area contributed by atoms with E-state index in [1.807, 2.05) is 18.2 Å². The first kappa shape index (κ1) is 12.6. The highest BCUT2D eigenvalue weighted by Crippen LogP contribution is 2.27. The highest BCUT2D eigenvalue weighted by atomic mass is 14.8. The molecule has 0 aliphatic rings. The summed E-state index contributed by atoms with van der Waals surface area (Å²) in [5, 5.41) is 2.28. The van der Waals surface area contributed by atoms with Crippen molar-refractivity contribution in [3.05, 3.63) is 42.6 Å². The Morgan fingerprint density at radius 1 is 1.28 bits per heavy atom. The molecule has 94 valence electrons. The van der Waals surface area contributed by atoms with Crippen LogP contribution in [0.5, 0.6) is 0 Å². The van der Waals surface area contributed by atoms with Crippen molar-refractivity contribution >= 4 is 22.2 Å². The molecule has 2 nitrogen and oxygen atoms in total. The SMILES string of the molecule is C=C(CCCCC)c1nc(N)cc2ccccc12. The molecule has 0 spiro atoms. The molecule has 0 atom stereocenters. The van der Waals surface area contributed by atoms with Crippen LogP contribution in [0.4, 0.5) is 5.82 Å². The lowest BCUT2D eigenvalue weighted by Crippen LogP contribution is -1.97. The zero-order valence-corrected chi connectivity index (χ0v) is 10.9. The van der Waals surface area contributed by atoms with Gasteiger partial charge in [-0.3, -0.25) is 0 Å². The van der Waals surface area contributed by atoms with Gasteiger partial charge in [0.1, 0.15) is 5.82 Å². The molecule has 0 bridgehead atoms. The molecule has 2 N–H and O–H groups in total. The minimum Gasteiger partial charge on any atom is -0.384 e. The van der Waals surface area contributed by atoms with Crippen molar-refractivity contribution in [3.8, 4) is 0 Å². The smallest absolute Gasteiger partial charge is 0.124 e. The number of rotatable bonds is 5. The molecule has 18 heavy (non-hydrogen) atoms. The molecule has 1 heterocycles. The van der Waals surface area contributed by atoms with E-state index in [2.05, 4.69) is 30.6 Å². The van der Waals surface area contributed by atoms with Gasteiger partial charge in [0.25, 0.3) is 0 Å². The van der Waals surface area contributed by atoms with Gasteiger partial charge in [-0.05, 0) is 29.9 Å². The molecule has 0 amide bonds. The number of pyridine rings is 1. The number of hydrogen-bond donors (Lipinski definition) is 1. The van der Waals surface area contributed by atoms with Crippen molar-refractivity contribution in [2.24, 2.45) is 0 Å². The number of anilines is 1. The quantitative estimate of drug-likeness (QED) is 0.786. The van der Waals surface area contributed by atoms with Gasteiger partial charge in [-0.15, -0.1) is 0 Å². The molecule has 1 aromatic heterocycles. The molecule has 2 rings (SSSR count). The second-order valence-corrected chi connectivity index (χ2v) is 4.68. The number of nitrogen functional groups attached to an aromatic ring is 1. The van der Waals surface area contributed by atoms with Crippen LogP contribution in [0.25, 0.3) is 16.3 Å². The van der Waals surface area contributed by atoms with Crippen molar-refractivity contribution < 1.29 is 0 Å². The molecule has 0 unspecified atom stereocenters. The molecular weight excluding hydrogens is 220 g/mol. The predicted molar refractivity (Wildman–Crippen MR) is 79.3 cm³/mol. The van der Waals surface area contributed by atoms with Gasteiger partial charge in [0, 0.05) is 5.39 Å². The second kappa shape index (κ2) is 5.67. The average Bonchev–Trinajstić information content (AvgIpc) is 2.38. The Morgan fingerprint density at radius 3 is 2.83 bits per heavy atom. The van der Waals surface area contributed by atoms with E-state index >= 15 is 0 Å². The van der Waals surface area contributed by atoms with E-state index in [0.29, 0.717) is 5.82 Å². The Kier molecular flexibility index (Phi) is 3.98. The van der Waals surface area contributed by atoms with Crippen molar-refractivity contribution in [1.29, 1.82) is 0 Å². The summed E-state index contributed by atoms with van der Waals surface area (Å²) < 4.78 is 0. The molecule has 0 saturated carbocycles. The fraction of sp³-hybridized carbons (Fsp3) is 0.312. The van der Waals surface area contributed by atoms with Crippen molar-refractivity contribution in [2.45, 2.75) is 32.6 Å². The Labute approximate surface area is 109 Å². The predicted octanol–water partition coefficient (Wildman–Crippen LogP) is 4.41. The maximum absolute atomic E-state index is 5.87. The standard InChI is InChI=1S/C16H20N2/c1-3-4-5-8-12(2)16-14-10-7-6-9-13(14)11-15(17)18-16/h6-7,9-11H,2-5,8H2,1H3,(H2,17,18). The van der Waals surface area contributed by atoms with Crippen molar-refractivity contribution in [3.63, 3.8) is 0 Å². The van der Waals surface area contributed by atoms with Crippen LogP contribution in [0.15, 0.2) is 36.9 Å². The number of aromatic nitrogens is 1. The third-order valence-electron chi connectivity index (χ3n) is 3.18. The molecule has 2 aromatic rings. The lowest BCUT2D eigenvalue weighted by Gasteiger charge is -2.09. The first-order valence-electron chi connectivity index (χ1n) is 6.55. The first-order valence-corrected chi connectivity index (χ1v) is 6.55. The van der Waals surface area contributed by atoms with Gasteiger partial charge in [0.2, 0.25) is 0 Å². The van der Waals surface area contributed by atoms with Crippen LogP contribution >= 0.6 is 0 Å². The Morgan fingerprint density at radius 2 is 2.06 bits per heavy atom. The zero-order chi connectivity index (χ0) is 13.0. The monoisotopic (exact) mass is 240 g/mol. The first-order chi connectivity index (χ1) is 8.72. The van der Waals surface area contributed by atoms with Crippen LogP contribution in [0, 0.1) is 0 Å². The van der Waals surface area contributed by atoms with E-state index in [9.17, 15) is 0 Å². The Balaban J connectivity index is 2.34. The summed E-state index contributed by atoms with van der Waals surface area (Å²) in [4.78, 5) is 4.46. The number of unbranched alkanes of at least 4 members (excludes halogenated alkanes) is 2. The fourth-order valence-electron chi connectivity index (χ4n) is 2.20. The fourth-order valence-corrected chi connectivity index (χ4v) is 2.20. The lowest BCUT2D eigenvalue weighted by atomic mass is 10.0. The highest BCUT2D eigenvalue weighted by Gasteiger charge is 2.07. The average molecular weight is 240 g/mol. The van der Waals surface area contributed by atoms with E-state index in [4.69, 9.17) is 5.73 Å². The van der Waals surface area contributed by atoms with E-state index < -0.39 is 0 Å². The number of nitrogens with two attached hydrogens (primary N) is 1. The largest absolute Gasteiger partial charge is 0.384 e. The van der Waals surface area contributed by atoms with Crippen LogP contribution in [0.1, 0.15) is 38.3 Å². The van der Waals surface area contributed by atoms with Gasteiger partial charge in [-0.25, -0.2) is 4.98 Å². The van der Waals surface area contributed by atoms with E-state index in [0.717, 1.165) is 28.5 Å². The highest BCUT2D eigenvalue weighted by molar-refractivity contribution is 5.93. The van der Waals surface area contributed by atoms with Crippen LogP contribution in [0.3, 0.4) is 0 Å². The van der Waals surface area contributed by atoms with E-state index in [1.165, 1.54) is 19.3 Å². The molecule has 2 heteroatoms. The number of benzene rings is 1. The molecule has 0 fully saturated rings. The summed E-state index contributed by atoms with van der Waals surface area (Å²) in [5.74, 6) is 0.570. The second-order valence-electron chi connectivity index (χ2n) is 4.68. The number of allylic oxidation sites excluding steroid dienone is 1. The third-order valence-corrected chi connectivity index (χ3v) is 3.18. The maximum Gasteiger partial charge on any atom is 0.124 e. The van der Waals surface area contributed by atoms with Crippen LogP contribution in [-0.4, -0.2) is 4.98 Å². The molecule has 0 aliphatic heterocycles. The zero-order valence-electron chi connectivity index (χ0n) is 10.9. The van der Waals surface area contributed by atoms with Crippen LogP contribution in [0.2, 0.25) is 0 Å². The molecule has 1 aromatic carbocycles. The van der Waals surface area contributed by atoms with Gasteiger partial charge < -0.3 is 5.73 Å². The van der Waals surface area contributed by atoms with Gasteiger partial charge in [-0.2, -0.15) is 0 Å². The minimum absolute atomic E-state index is 0.570.